The van der Waals surface area contributed by atoms with E-state index in [1.165, 1.54) is 11.3 Å². The van der Waals surface area contributed by atoms with Crippen LogP contribution in [0.1, 0.15) is 0 Å². The van der Waals surface area contributed by atoms with Gasteiger partial charge in [0.05, 0.1) is 6.54 Å². The fraction of sp³-hybridized carbons (Fsp3) is 0.545. The van der Waals surface area contributed by atoms with E-state index in [0.717, 1.165) is 5.96 Å². The zero-order chi connectivity index (χ0) is 14.5. The maximum absolute atomic E-state index is 11.8. The standard InChI is InChI=1S/C11H20N4O2S2.HI/c1-14(2)11(15(3)4)12-7-8-13-19(16,17)10-6-5-9-18-10;/h5-6,9,13H,7-8H2,1-4H3;1H. The summed E-state index contributed by atoms with van der Waals surface area (Å²) < 4.78 is 26.5. The molecule has 0 aliphatic heterocycles. The van der Waals surface area contributed by atoms with E-state index in [1.54, 1.807) is 17.5 Å². The number of nitrogens with zero attached hydrogens (tertiary/aromatic N) is 3. The second kappa shape index (κ2) is 8.80. The molecule has 0 aliphatic carbocycles. The Morgan fingerprint density at radius 3 is 2.35 bits per heavy atom. The van der Waals surface area contributed by atoms with Gasteiger partial charge >= 0.3 is 0 Å². The second-order valence-electron chi connectivity index (χ2n) is 4.30. The molecule has 1 aromatic heterocycles. The van der Waals surface area contributed by atoms with Crippen LogP contribution in [0.2, 0.25) is 0 Å². The lowest BCUT2D eigenvalue weighted by atomic mass is 10.6. The smallest absolute Gasteiger partial charge is 0.250 e. The van der Waals surface area contributed by atoms with E-state index in [0.29, 0.717) is 10.8 Å². The number of hydrogen-bond acceptors (Lipinski definition) is 4. The molecule has 9 heteroatoms. The van der Waals surface area contributed by atoms with Crippen molar-refractivity contribution < 1.29 is 8.42 Å². The van der Waals surface area contributed by atoms with Gasteiger partial charge in [0.25, 0.3) is 0 Å². The molecule has 0 atom stereocenters. The fourth-order valence-electron chi connectivity index (χ4n) is 1.51. The van der Waals surface area contributed by atoms with Gasteiger partial charge in [-0.2, -0.15) is 0 Å². The molecule has 0 saturated heterocycles. The van der Waals surface area contributed by atoms with Crippen LogP contribution < -0.4 is 4.72 Å². The summed E-state index contributed by atoms with van der Waals surface area (Å²) in [6.45, 7) is 0.682. The highest BCUT2D eigenvalue weighted by atomic mass is 127. The van der Waals surface area contributed by atoms with Gasteiger partial charge < -0.3 is 9.80 Å². The van der Waals surface area contributed by atoms with Gasteiger partial charge in [-0.3, -0.25) is 4.99 Å². The summed E-state index contributed by atoms with van der Waals surface area (Å²) in [7, 11) is 4.21. The van der Waals surface area contributed by atoms with Crippen LogP contribution in [-0.4, -0.2) is 65.5 Å². The minimum atomic E-state index is -3.38. The summed E-state index contributed by atoms with van der Waals surface area (Å²) >= 11 is 1.20. The Kier molecular flexibility index (Phi) is 8.63. The molecule has 0 fully saturated rings. The van der Waals surface area contributed by atoms with E-state index >= 15 is 0 Å². The molecule has 1 N–H and O–H groups in total. The van der Waals surface area contributed by atoms with Crippen LogP contribution in [0.25, 0.3) is 0 Å². The number of sulfonamides is 1. The predicted octanol–water partition coefficient (Wildman–Crippen LogP) is 1.12. The summed E-state index contributed by atoms with van der Waals surface area (Å²) in [6.07, 6.45) is 0. The predicted molar refractivity (Wildman–Crippen MR) is 94.6 cm³/mol. The largest absolute Gasteiger partial charge is 0.349 e. The number of aliphatic imine (C=N–C) groups is 1. The first-order valence-corrected chi connectivity index (χ1v) is 8.13. The molecule has 0 radical (unpaired) electrons. The molecular weight excluding hydrogens is 411 g/mol. The van der Waals surface area contributed by atoms with Crippen molar-refractivity contribution in [2.24, 2.45) is 4.99 Å². The average Bonchev–Trinajstić information content (AvgIpc) is 2.81. The second-order valence-corrected chi connectivity index (χ2v) is 7.24. The molecule has 116 valence electrons. The highest BCUT2D eigenvalue weighted by Gasteiger charge is 2.13. The highest BCUT2D eigenvalue weighted by Crippen LogP contribution is 2.14. The SMILES string of the molecule is CN(C)C(=NCCNS(=O)(=O)c1cccs1)N(C)C.I. The van der Waals surface area contributed by atoms with Crippen molar-refractivity contribution in [1.29, 1.82) is 0 Å². The van der Waals surface area contributed by atoms with Crippen LogP contribution in [0.5, 0.6) is 0 Å². The first-order valence-electron chi connectivity index (χ1n) is 5.77. The van der Waals surface area contributed by atoms with E-state index in [9.17, 15) is 8.42 Å². The number of thiophene rings is 1. The Morgan fingerprint density at radius 2 is 1.90 bits per heavy atom. The topological polar surface area (TPSA) is 65.0 Å². The van der Waals surface area contributed by atoms with Crippen molar-refractivity contribution in [3.05, 3.63) is 17.5 Å². The molecule has 0 bridgehead atoms. The molecule has 0 amide bonds. The third-order valence-corrected chi connectivity index (χ3v) is 5.08. The van der Waals surface area contributed by atoms with Crippen LogP contribution in [0.3, 0.4) is 0 Å². The molecule has 1 rings (SSSR count). The van der Waals surface area contributed by atoms with Gasteiger partial charge in [0.2, 0.25) is 10.0 Å². The van der Waals surface area contributed by atoms with Crippen molar-refractivity contribution in [2.45, 2.75) is 4.21 Å². The highest BCUT2D eigenvalue weighted by molar-refractivity contribution is 14.0. The Labute approximate surface area is 141 Å². The first-order chi connectivity index (χ1) is 8.84. The fourth-order valence-corrected chi connectivity index (χ4v) is 3.56. The maximum atomic E-state index is 11.8. The lowest BCUT2D eigenvalue weighted by Crippen LogP contribution is -2.36. The average molecular weight is 432 g/mol. The van der Waals surface area contributed by atoms with Gasteiger partial charge in [-0.25, -0.2) is 13.1 Å². The van der Waals surface area contributed by atoms with Crippen molar-refractivity contribution in [1.82, 2.24) is 14.5 Å². The monoisotopic (exact) mass is 432 g/mol. The van der Waals surface area contributed by atoms with E-state index in [4.69, 9.17) is 0 Å². The Hall–Kier alpha value is -0.390. The summed E-state index contributed by atoms with van der Waals surface area (Å²) in [6, 6.07) is 3.30. The molecule has 1 aromatic rings. The molecule has 0 saturated carbocycles. The number of rotatable bonds is 5. The minimum absolute atomic E-state index is 0. The first kappa shape index (κ1) is 19.6. The van der Waals surface area contributed by atoms with Crippen LogP contribution >= 0.6 is 35.3 Å². The zero-order valence-corrected chi connectivity index (χ0v) is 16.0. The quantitative estimate of drug-likeness (QED) is 0.328. The summed E-state index contributed by atoms with van der Waals surface area (Å²) in [5.41, 5.74) is 0. The number of hydrogen-bond donors (Lipinski definition) is 1. The molecular formula is C11H21IN4O2S2. The normalized spacial score (nSPS) is 10.6. The van der Waals surface area contributed by atoms with Crippen molar-refractivity contribution in [3.8, 4) is 0 Å². The summed E-state index contributed by atoms with van der Waals surface area (Å²) in [5.74, 6) is 0.801. The van der Waals surface area contributed by atoms with E-state index in [1.807, 2.05) is 38.0 Å². The van der Waals surface area contributed by atoms with Crippen LogP contribution in [-0.2, 0) is 10.0 Å². The minimum Gasteiger partial charge on any atom is -0.349 e. The summed E-state index contributed by atoms with van der Waals surface area (Å²) in [4.78, 5) is 8.12. The van der Waals surface area contributed by atoms with Gasteiger partial charge in [0, 0.05) is 34.7 Å². The maximum Gasteiger partial charge on any atom is 0.250 e. The molecule has 0 spiro atoms. The third kappa shape index (κ3) is 5.94. The number of halogens is 1. The van der Waals surface area contributed by atoms with E-state index in [-0.39, 0.29) is 30.5 Å². The Bertz CT molecular complexity index is 503. The van der Waals surface area contributed by atoms with Gasteiger partial charge in [-0.1, -0.05) is 6.07 Å². The number of guanidine groups is 1. The Morgan fingerprint density at radius 1 is 1.30 bits per heavy atom. The molecule has 0 aromatic carbocycles. The lowest BCUT2D eigenvalue weighted by molar-refractivity contribution is 0.479. The van der Waals surface area contributed by atoms with Gasteiger partial charge in [-0.15, -0.1) is 35.3 Å². The van der Waals surface area contributed by atoms with Gasteiger partial charge in [0.15, 0.2) is 5.96 Å². The van der Waals surface area contributed by atoms with Crippen molar-refractivity contribution in [2.75, 3.05) is 41.3 Å². The lowest BCUT2D eigenvalue weighted by Gasteiger charge is -2.22. The Balaban J connectivity index is 0.00000361. The van der Waals surface area contributed by atoms with E-state index < -0.39 is 10.0 Å². The van der Waals surface area contributed by atoms with Crippen LogP contribution in [0, 0.1) is 0 Å². The molecule has 6 nitrogen and oxygen atoms in total. The summed E-state index contributed by atoms with van der Waals surface area (Å²) in [5, 5.41) is 1.74. The number of nitrogens with one attached hydrogen (secondary N) is 1. The molecule has 0 unspecified atom stereocenters. The zero-order valence-electron chi connectivity index (χ0n) is 12.0. The molecule has 0 aliphatic rings. The van der Waals surface area contributed by atoms with Gasteiger partial charge in [-0.05, 0) is 11.4 Å². The van der Waals surface area contributed by atoms with Crippen LogP contribution in [0.4, 0.5) is 0 Å². The third-order valence-electron chi connectivity index (χ3n) is 2.22. The van der Waals surface area contributed by atoms with Crippen LogP contribution in [0.15, 0.2) is 26.7 Å². The molecule has 1 heterocycles. The van der Waals surface area contributed by atoms with E-state index in [2.05, 4.69) is 9.71 Å². The van der Waals surface area contributed by atoms with Crippen molar-refractivity contribution in [3.63, 3.8) is 0 Å². The van der Waals surface area contributed by atoms with Crippen molar-refractivity contribution >= 4 is 51.3 Å². The van der Waals surface area contributed by atoms with Gasteiger partial charge in [0.1, 0.15) is 4.21 Å². The molecule has 20 heavy (non-hydrogen) atoms.